The van der Waals surface area contributed by atoms with Gasteiger partial charge < -0.3 is 25.3 Å². The minimum Gasteiger partial charge on any atom is -0.486 e. The maximum absolute atomic E-state index is 5.85. The number of nitrogens with zero attached hydrogens (tertiary/aromatic N) is 1. The molecule has 2 atom stereocenters. The lowest BCUT2D eigenvalue weighted by molar-refractivity contribution is 0.0936. The van der Waals surface area contributed by atoms with Crippen molar-refractivity contribution in [2.45, 2.75) is 25.0 Å². The van der Waals surface area contributed by atoms with Gasteiger partial charge in [0.1, 0.15) is 12.7 Å². The number of rotatable bonds is 4. The van der Waals surface area contributed by atoms with Crippen LogP contribution in [0.1, 0.15) is 12.8 Å². The second-order valence-corrected chi connectivity index (χ2v) is 5.24. The fourth-order valence-corrected chi connectivity index (χ4v) is 2.43. The molecule has 6 heteroatoms. The summed E-state index contributed by atoms with van der Waals surface area (Å²) in [4.78, 5) is 4.30. The Kier molecular flexibility index (Phi) is 4.45. The predicted octanol–water partition coefficient (Wildman–Crippen LogP) is 0.910. The number of ether oxygens (including phenoxy) is 3. The number of fused-ring (bicyclic) bond motifs is 1. The maximum Gasteiger partial charge on any atom is 0.188 e. The van der Waals surface area contributed by atoms with E-state index in [1.54, 1.807) is 0 Å². The number of hydrogen-bond acceptors (Lipinski definition) is 4. The second-order valence-electron chi connectivity index (χ2n) is 5.24. The fraction of sp³-hybridized carbons (Fsp3) is 0.533. The Bertz CT molecular complexity index is 501. The van der Waals surface area contributed by atoms with E-state index in [0.717, 1.165) is 30.9 Å². The first-order chi connectivity index (χ1) is 10.3. The lowest BCUT2D eigenvalue weighted by atomic mass is 10.2. The van der Waals surface area contributed by atoms with Crippen molar-refractivity contribution in [2.75, 3.05) is 26.3 Å². The van der Waals surface area contributed by atoms with E-state index in [1.807, 2.05) is 24.3 Å². The molecule has 0 aliphatic carbocycles. The average molecular weight is 291 g/mol. The maximum atomic E-state index is 5.85. The summed E-state index contributed by atoms with van der Waals surface area (Å²) in [5, 5.41) is 3.07. The molecule has 2 aliphatic heterocycles. The van der Waals surface area contributed by atoms with E-state index >= 15 is 0 Å². The summed E-state index contributed by atoms with van der Waals surface area (Å²) in [6.45, 7) is 2.52. The molecule has 0 bridgehead atoms. The number of benzene rings is 1. The van der Waals surface area contributed by atoms with Gasteiger partial charge in [-0.3, -0.25) is 4.99 Å². The van der Waals surface area contributed by atoms with Gasteiger partial charge >= 0.3 is 0 Å². The largest absolute Gasteiger partial charge is 0.486 e. The molecule has 1 aromatic rings. The molecule has 114 valence electrons. The fourth-order valence-electron chi connectivity index (χ4n) is 2.43. The lowest BCUT2D eigenvalue weighted by Gasteiger charge is -2.26. The Hall–Kier alpha value is -1.95. The molecule has 0 radical (unpaired) electrons. The highest BCUT2D eigenvalue weighted by atomic mass is 16.6. The number of guanidine groups is 1. The van der Waals surface area contributed by atoms with Gasteiger partial charge in [0.25, 0.3) is 0 Å². The highest BCUT2D eigenvalue weighted by Crippen LogP contribution is 2.30. The molecule has 0 saturated carbocycles. The van der Waals surface area contributed by atoms with E-state index in [-0.39, 0.29) is 12.2 Å². The Morgan fingerprint density at radius 2 is 2.14 bits per heavy atom. The van der Waals surface area contributed by atoms with Crippen molar-refractivity contribution in [3.63, 3.8) is 0 Å². The van der Waals surface area contributed by atoms with Gasteiger partial charge in [0.05, 0.1) is 19.2 Å². The van der Waals surface area contributed by atoms with E-state index in [0.29, 0.717) is 25.7 Å². The van der Waals surface area contributed by atoms with Crippen molar-refractivity contribution in [3.05, 3.63) is 24.3 Å². The second kappa shape index (κ2) is 6.67. The first-order valence-electron chi connectivity index (χ1n) is 7.35. The third kappa shape index (κ3) is 3.78. The van der Waals surface area contributed by atoms with Crippen molar-refractivity contribution >= 4 is 5.96 Å². The van der Waals surface area contributed by atoms with Gasteiger partial charge in [-0.25, -0.2) is 0 Å². The van der Waals surface area contributed by atoms with E-state index < -0.39 is 0 Å². The molecule has 2 aliphatic rings. The monoisotopic (exact) mass is 291 g/mol. The summed E-state index contributed by atoms with van der Waals surface area (Å²) in [5.74, 6) is 1.98. The van der Waals surface area contributed by atoms with Crippen molar-refractivity contribution in [1.29, 1.82) is 0 Å². The Morgan fingerprint density at radius 3 is 2.95 bits per heavy atom. The third-order valence-electron chi connectivity index (χ3n) is 3.57. The van der Waals surface area contributed by atoms with Gasteiger partial charge in [-0.2, -0.15) is 0 Å². The van der Waals surface area contributed by atoms with Crippen molar-refractivity contribution in [2.24, 2.45) is 10.7 Å². The SMILES string of the molecule is NC(=NCC1CCCO1)NCC1COc2ccccc2O1. The molecule has 6 nitrogen and oxygen atoms in total. The highest BCUT2D eigenvalue weighted by Gasteiger charge is 2.20. The molecule has 3 rings (SSSR count). The molecule has 3 N–H and O–H groups in total. The Balaban J connectivity index is 1.44. The number of para-hydroxylation sites is 2. The van der Waals surface area contributed by atoms with Crippen LogP contribution in [-0.2, 0) is 4.74 Å². The molecule has 1 fully saturated rings. The van der Waals surface area contributed by atoms with Crippen LogP contribution in [0, 0.1) is 0 Å². The summed E-state index contributed by atoms with van der Waals surface area (Å²) < 4.78 is 17.0. The van der Waals surface area contributed by atoms with Gasteiger partial charge in [-0.1, -0.05) is 12.1 Å². The van der Waals surface area contributed by atoms with E-state index in [2.05, 4.69) is 10.3 Å². The Morgan fingerprint density at radius 1 is 1.29 bits per heavy atom. The minimum absolute atomic E-state index is 0.0728. The Labute approximate surface area is 124 Å². The van der Waals surface area contributed by atoms with E-state index in [4.69, 9.17) is 19.9 Å². The van der Waals surface area contributed by atoms with Crippen molar-refractivity contribution < 1.29 is 14.2 Å². The van der Waals surface area contributed by atoms with Gasteiger partial charge in [-0.05, 0) is 25.0 Å². The molecule has 2 heterocycles. The summed E-state index contributed by atoms with van der Waals surface area (Å²) in [6.07, 6.45) is 2.32. The topological polar surface area (TPSA) is 78.1 Å². The summed E-state index contributed by atoms with van der Waals surface area (Å²) >= 11 is 0. The normalized spacial score (nSPS) is 24.9. The molecule has 0 aromatic heterocycles. The first kappa shape index (κ1) is 14.0. The molecular formula is C15H21N3O3. The molecule has 2 unspecified atom stereocenters. The summed E-state index contributed by atoms with van der Waals surface area (Å²) in [6, 6.07) is 7.65. The van der Waals surface area contributed by atoms with Gasteiger partial charge in [0, 0.05) is 6.61 Å². The van der Waals surface area contributed by atoms with E-state index in [1.165, 1.54) is 0 Å². The zero-order chi connectivity index (χ0) is 14.5. The molecule has 1 aromatic carbocycles. The highest BCUT2D eigenvalue weighted by molar-refractivity contribution is 5.77. The molecule has 21 heavy (non-hydrogen) atoms. The standard InChI is InChI=1S/C15H21N3O3/c16-15(17-8-11-4-3-7-19-11)18-9-12-10-20-13-5-1-2-6-14(13)21-12/h1-2,5-6,11-12H,3-4,7-10H2,(H3,16,17,18). The van der Waals surface area contributed by atoms with Crippen LogP contribution < -0.4 is 20.5 Å². The molecule has 0 amide bonds. The zero-order valence-corrected chi connectivity index (χ0v) is 12.0. The molecular weight excluding hydrogens is 270 g/mol. The third-order valence-corrected chi connectivity index (χ3v) is 3.57. The summed E-state index contributed by atoms with van der Waals surface area (Å²) in [7, 11) is 0. The average Bonchev–Trinajstić information content (AvgIpc) is 3.04. The van der Waals surface area contributed by atoms with Gasteiger partial charge in [0.2, 0.25) is 0 Å². The first-order valence-corrected chi connectivity index (χ1v) is 7.35. The summed E-state index contributed by atoms with van der Waals surface area (Å²) in [5.41, 5.74) is 5.85. The van der Waals surface area contributed by atoms with Crippen LogP contribution in [0.25, 0.3) is 0 Å². The number of hydrogen-bond donors (Lipinski definition) is 2. The van der Waals surface area contributed by atoms with Crippen molar-refractivity contribution in [1.82, 2.24) is 5.32 Å². The van der Waals surface area contributed by atoms with Crippen LogP contribution in [0.15, 0.2) is 29.3 Å². The number of nitrogens with one attached hydrogen (secondary N) is 1. The van der Waals surface area contributed by atoms with E-state index in [9.17, 15) is 0 Å². The minimum atomic E-state index is -0.0728. The van der Waals surface area contributed by atoms with Crippen LogP contribution in [0.4, 0.5) is 0 Å². The smallest absolute Gasteiger partial charge is 0.188 e. The molecule has 1 saturated heterocycles. The van der Waals surface area contributed by atoms with Crippen LogP contribution in [0.2, 0.25) is 0 Å². The van der Waals surface area contributed by atoms with Crippen LogP contribution in [-0.4, -0.2) is 44.5 Å². The van der Waals surface area contributed by atoms with Gasteiger partial charge in [-0.15, -0.1) is 0 Å². The zero-order valence-electron chi connectivity index (χ0n) is 12.0. The lowest BCUT2D eigenvalue weighted by Crippen LogP contribution is -2.43. The van der Waals surface area contributed by atoms with Crippen LogP contribution >= 0.6 is 0 Å². The van der Waals surface area contributed by atoms with Crippen LogP contribution in [0.3, 0.4) is 0 Å². The quantitative estimate of drug-likeness (QED) is 0.637. The van der Waals surface area contributed by atoms with Crippen molar-refractivity contribution in [3.8, 4) is 11.5 Å². The number of nitrogens with two attached hydrogens (primary N) is 1. The predicted molar refractivity (Wildman–Crippen MR) is 79.8 cm³/mol. The number of aliphatic imine (C=N–C) groups is 1. The van der Waals surface area contributed by atoms with Crippen LogP contribution in [0.5, 0.6) is 11.5 Å². The molecule has 0 spiro atoms. The van der Waals surface area contributed by atoms with Gasteiger partial charge in [0.15, 0.2) is 17.5 Å².